The number of carbonyl (C=O) groups excluding carboxylic acids is 1. The number of hydrogen-bond donors (Lipinski definition) is 2. The van der Waals surface area contributed by atoms with Crippen molar-refractivity contribution in [1.82, 2.24) is 5.32 Å². The maximum Gasteiger partial charge on any atom is 0.416 e. The molecule has 0 aliphatic heterocycles. The summed E-state index contributed by atoms with van der Waals surface area (Å²) in [5.74, 6) is -0.149. The third-order valence-corrected chi connectivity index (χ3v) is 3.55. The number of nitrogens with one attached hydrogen (secondary N) is 2. The maximum atomic E-state index is 12.4. The minimum Gasteiger partial charge on any atom is -0.385 e. The van der Waals surface area contributed by atoms with Crippen molar-refractivity contribution in [2.45, 2.75) is 19.1 Å². The van der Waals surface area contributed by atoms with Crippen LogP contribution < -0.4 is 10.6 Å². The van der Waals surface area contributed by atoms with Crippen LogP contribution in [0.1, 0.15) is 17.5 Å². The van der Waals surface area contributed by atoms with Crippen molar-refractivity contribution in [2.75, 3.05) is 11.9 Å². The van der Waals surface area contributed by atoms with Gasteiger partial charge in [0.15, 0.2) is 0 Å². The summed E-state index contributed by atoms with van der Waals surface area (Å²) >= 11 is 5.78. The normalized spacial score (nSPS) is 11.2. The zero-order valence-corrected chi connectivity index (χ0v) is 13.4. The summed E-state index contributed by atoms with van der Waals surface area (Å²) in [6.45, 7) is 0.730. The van der Waals surface area contributed by atoms with Crippen molar-refractivity contribution in [1.29, 1.82) is 0 Å². The molecule has 0 radical (unpaired) electrons. The van der Waals surface area contributed by atoms with Crippen LogP contribution in [0.2, 0.25) is 5.02 Å². The van der Waals surface area contributed by atoms with Gasteiger partial charge in [-0.25, -0.2) is 0 Å². The van der Waals surface area contributed by atoms with Gasteiger partial charge in [0, 0.05) is 30.2 Å². The Morgan fingerprint density at radius 2 is 1.62 bits per heavy atom. The zero-order valence-electron chi connectivity index (χ0n) is 12.7. The molecule has 0 heterocycles. The van der Waals surface area contributed by atoms with Gasteiger partial charge in [0.25, 0.3) is 0 Å². The molecule has 2 aromatic rings. The quantitative estimate of drug-likeness (QED) is 0.801. The molecule has 0 bridgehead atoms. The van der Waals surface area contributed by atoms with Crippen LogP contribution in [0.15, 0.2) is 48.5 Å². The monoisotopic (exact) mass is 356 g/mol. The second-order valence-corrected chi connectivity index (χ2v) is 5.59. The summed E-state index contributed by atoms with van der Waals surface area (Å²) in [6, 6.07) is 11.8. The van der Waals surface area contributed by atoms with Crippen LogP contribution in [0.3, 0.4) is 0 Å². The van der Waals surface area contributed by atoms with Gasteiger partial charge >= 0.3 is 6.18 Å². The Hall–Kier alpha value is -2.21. The molecule has 0 saturated carbocycles. The highest BCUT2D eigenvalue weighted by Crippen LogP contribution is 2.29. The largest absolute Gasteiger partial charge is 0.416 e. The van der Waals surface area contributed by atoms with Crippen LogP contribution in [-0.4, -0.2) is 12.5 Å². The molecule has 0 aliphatic rings. The fourth-order valence-electron chi connectivity index (χ4n) is 1.99. The summed E-state index contributed by atoms with van der Waals surface area (Å²) in [7, 11) is 0. The van der Waals surface area contributed by atoms with Crippen LogP contribution in [0, 0.1) is 0 Å². The molecule has 128 valence electrons. The van der Waals surface area contributed by atoms with Crippen LogP contribution in [0.4, 0.5) is 18.9 Å². The Balaban J connectivity index is 1.71. The number of halogens is 4. The van der Waals surface area contributed by atoms with Crippen molar-refractivity contribution in [3.63, 3.8) is 0 Å². The van der Waals surface area contributed by atoms with Gasteiger partial charge < -0.3 is 10.6 Å². The third-order valence-electron chi connectivity index (χ3n) is 3.30. The Morgan fingerprint density at radius 1 is 1.00 bits per heavy atom. The second kappa shape index (κ2) is 8.06. The Bertz CT molecular complexity index is 670. The summed E-state index contributed by atoms with van der Waals surface area (Å²) in [6.07, 6.45) is -4.13. The molecule has 2 rings (SSSR count). The second-order valence-electron chi connectivity index (χ2n) is 5.16. The lowest BCUT2D eigenvalue weighted by molar-refractivity contribution is -0.137. The van der Waals surface area contributed by atoms with Gasteiger partial charge in [0.05, 0.1) is 5.56 Å². The van der Waals surface area contributed by atoms with Gasteiger partial charge in [0.2, 0.25) is 5.91 Å². The highest BCUT2D eigenvalue weighted by atomic mass is 35.5. The molecule has 3 nitrogen and oxygen atoms in total. The first-order valence-corrected chi connectivity index (χ1v) is 7.64. The zero-order chi connectivity index (χ0) is 17.6. The molecule has 0 unspecified atom stereocenters. The summed E-state index contributed by atoms with van der Waals surface area (Å²) in [4.78, 5) is 11.7. The SMILES string of the molecule is O=C(CCNc1ccc(C(F)(F)F)cc1)NCc1ccc(Cl)cc1. The first kappa shape index (κ1) is 18.1. The molecule has 2 aromatic carbocycles. The van der Waals surface area contributed by atoms with Gasteiger partial charge in [-0.15, -0.1) is 0 Å². The first-order valence-electron chi connectivity index (χ1n) is 7.27. The molecule has 7 heteroatoms. The number of benzene rings is 2. The van der Waals surface area contributed by atoms with Gasteiger partial charge in [-0.3, -0.25) is 4.79 Å². The highest BCUT2D eigenvalue weighted by Gasteiger charge is 2.29. The van der Waals surface area contributed by atoms with E-state index in [0.29, 0.717) is 23.8 Å². The van der Waals surface area contributed by atoms with E-state index < -0.39 is 11.7 Å². The fraction of sp³-hybridized carbons (Fsp3) is 0.235. The van der Waals surface area contributed by atoms with Gasteiger partial charge in [-0.05, 0) is 42.0 Å². The van der Waals surface area contributed by atoms with Crippen molar-refractivity contribution >= 4 is 23.2 Å². The lowest BCUT2D eigenvalue weighted by Gasteiger charge is -2.10. The van der Waals surface area contributed by atoms with E-state index >= 15 is 0 Å². The topological polar surface area (TPSA) is 41.1 Å². The van der Waals surface area contributed by atoms with E-state index in [9.17, 15) is 18.0 Å². The molecule has 1 amide bonds. The molecule has 0 aliphatic carbocycles. The number of rotatable bonds is 6. The van der Waals surface area contributed by atoms with Crippen LogP contribution in [-0.2, 0) is 17.5 Å². The van der Waals surface area contributed by atoms with Crippen molar-refractivity contribution in [2.24, 2.45) is 0 Å². The summed E-state index contributed by atoms with van der Waals surface area (Å²) < 4.78 is 37.3. The summed E-state index contributed by atoms with van der Waals surface area (Å²) in [5, 5.41) is 6.31. The van der Waals surface area contributed by atoms with E-state index in [1.54, 1.807) is 12.1 Å². The number of hydrogen-bond acceptors (Lipinski definition) is 2. The molecule has 24 heavy (non-hydrogen) atoms. The molecule has 0 atom stereocenters. The average molecular weight is 357 g/mol. The van der Waals surface area contributed by atoms with Crippen LogP contribution in [0.25, 0.3) is 0 Å². The minimum absolute atomic E-state index is 0.149. The van der Waals surface area contributed by atoms with Crippen LogP contribution >= 0.6 is 11.6 Å². The van der Waals surface area contributed by atoms with E-state index in [4.69, 9.17) is 11.6 Å². The first-order chi connectivity index (χ1) is 11.3. The number of alkyl halides is 3. The third kappa shape index (κ3) is 5.77. The molecule has 0 spiro atoms. The molecule has 0 saturated heterocycles. The number of carbonyl (C=O) groups is 1. The number of amides is 1. The Kier molecular flexibility index (Phi) is 6.09. The molecular formula is C17H16ClF3N2O. The smallest absolute Gasteiger partial charge is 0.385 e. The Morgan fingerprint density at radius 3 is 2.21 bits per heavy atom. The lowest BCUT2D eigenvalue weighted by Crippen LogP contribution is -2.24. The molecular weight excluding hydrogens is 341 g/mol. The van der Waals surface area contributed by atoms with Gasteiger partial charge in [-0.2, -0.15) is 13.2 Å². The van der Waals surface area contributed by atoms with Gasteiger partial charge in [0.1, 0.15) is 0 Å². The fourth-order valence-corrected chi connectivity index (χ4v) is 2.11. The standard InChI is InChI=1S/C17H16ClF3N2O/c18-14-5-1-12(2-6-14)11-23-16(24)9-10-22-15-7-3-13(4-8-15)17(19,20)21/h1-8,22H,9-11H2,(H,23,24). The minimum atomic E-state index is -4.35. The lowest BCUT2D eigenvalue weighted by atomic mass is 10.2. The molecule has 0 fully saturated rings. The predicted molar refractivity (Wildman–Crippen MR) is 87.8 cm³/mol. The van der Waals surface area contributed by atoms with E-state index in [1.165, 1.54) is 12.1 Å². The van der Waals surface area contributed by atoms with Gasteiger partial charge in [-0.1, -0.05) is 23.7 Å². The van der Waals surface area contributed by atoms with E-state index in [1.807, 2.05) is 12.1 Å². The molecule has 0 aromatic heterocycles. The Labute approximate surface area is 142 Å². The van der Waals surface area contributed by atoms with E-state index in [2.05, 4.69) is 10.6 Å². The maximum absolute atomic E-state index is 12.4. The highest BCUT2D eigenvalue weighted by molar-refractivity contribution is 6.30. The van der Waals surface area contributed by atoms with Crippen LogP contribution in [0.5, 0.6) is 0 Å². The van der Waals surface area contributed by atoms with Crippen molar-refractivity contribution < 1.29 is 18.0 Å². The van der Waals surface area contributed by atoms with Crippen molar-refractivity contribution in [3.05, 3.63) is 64.7 Å². The molecule has 2 N–H and O–H groups in total. The summed E-state index contributed by atoms with van der Waals surface area (Å²) in [5.41, 5.74) is 0.769. The van der Waals surface area contributed by atoms with E-state index in [0.717, 1.165) is 17.7 Å². The number of anilines is 1. The average Bonchev–Trinajstić information content (AvgIpc) is 2.54. The van der Waals surface area contributed by atoms with E-state index in [-0.39, 0.29) is 12.3 Å². The van der Waals surface area contributed by atoms with Crippen molar-refractivity contribution in [3.8, 4) is 0 Å². The predicted octanol–water partition coefficient (Wildman–Crippen LogP) is 4.48.